The van der Waals surface area contributed by atoms with E-state index >= 15 is 0 Å². The highest BCUT2D eigenvalue weighted by molar-refractivity contribution is 5.92. The smallest absolute Gasteiger partial charge is 0.246 e. The first-order chi connectivity index (χ1) is 14.5. The van der Waals surface area contributed by atoms with Crippen LogP contribution in [0.2, 0.25) is 0 Å². The molecule has 0 saturated carbocycles. The summed E-state index contributed by atoms with van der Waals surface area (Å²) in [5.41, 5.74) is 3.45. The monoisotopic (exact) mass is 405 g/mol. The third-order valence-corrected chi connectivity index (χ3v) is 4.71. The molecule has 1 N–H and O–H groups in total. The van der Waals surface area contributed by atoms with Crippen molar-refractivity contribution in [3.63, 3.8) is 0 Å². The molecule has 6 heteroatoms. The van der Waals surface area contributed by atoms with Crippen molar-refractivity contribution < 1.29 is 14.3 Å². The predicted octanol–water partition coefficient (Wildman–Crippen LogP) is 4.04. The van der Waals surface area contributed by atoms with Crippen LogP contribution in [0, 0.1) is 0 Å². The number of ether oxygens (including phenoxy) is 2. The molecular weight excluding hydrogens is 378 g/mol. The lowest BCUT2D eigenvalue weighted by molar-refractivity contribution is -0.117. The second-order valence-electron chi connectivity index (χ2n) is 6.96. The first kappa shape index (κ1) is 21.2. The summed E-state index contributed by atoms with van der Waals surface area (Å²) < 4.78 is 13.5. The van der Waals surface area contributed by atoms with Gasteiger partial charge in [0, 0.05) is 5.57 Å². The van der Waals surface area contributed by atoms with E-state index in [1.807, 2.05) is 48.5 Å². The molecule has 0 saturated heterocycles. The van der Waals surface area contributed by atoms with Gasteiger partial charge in [-0.2, -0.15) is 0 Å². The number of hydrogen-bond acceptors (Lipinski definition) is 4. The highest BCUT2D eigenvalue weighted by atomic mass is 16.5. The molecule has 6 nitrogen and oxygen atoms in total. The van der Waals surface area contributed by atoms with Crippen molar-refractivity contribution in [2.45, 2.75) is 26.4 Å². The normalized spacial score (nSPS) is 10.6. The van der Waals surface area contributed by atoms with Gasteiger partial charge < -0.3 is 19.4 Å². The molecule has 0 fully saturated rings. The number of aromatic nitrogens is 2. The van der Waals surface area contributed by atoms with Crippen LogP contribution in [-0.4, -0.2) is 29.2 Å². The number of fused-ring (bicyclic) bond motifs is 1. The Hall–Kier alpha value is -3.54. The maximum Gasteiger partial charge on any atom is 0.246 e. The Morgan fingerprint density at radius 2 is 2.03 bits per heavy atom. The molecule has 1 heterocycles. The number of nitrogens with one attached hydrogen (secondary N) is 1. The molecule has 3 rings (SSSR count). The van der Waals surface area contributed by atoms with Crippen LogP contribution >= 0.6 is 0 Å². The van der Waals surface area contributed by atoms with Crippen LogP contribution in [-0.2, 0) is 24.3 Å². The van der Waals surface area contributed by atoms with Crippen molar-refractivity contribution in [3.8, 4) is 11.5 Å². The molecule has 30 heavy (non-hydrogen) atoms. The Morgan fingerprint density at radius 3 is 2.77 bits per heavy atom. The van der Waals surface area contributed by atoms with E-state index in [9.17, 15) is 4.79 Å². The number of para-hydroxylation sites is 2. The quantitative estimate of drug-likeness (QED) is 0.408. The zero-order valence-electron chi connectivity index (χ0n) is 17.5. The van der Waals surface area contributed by atoms with E-state index < -0.39 is 0 Å². The van der Waals surface area contributed by atoms with Crippen LogP contribution in [0.1, 0.15) is 18.3 Å². The van der Waals surface area contributed by atoms with Crippen LogP contribution in [0.5, 0.6) is 11.5 Å². The van der Waals surface area contributed by atoms with Gasteiger partial charge in [0.15, 0.2) is 11.5 Å². The summed E-state index contributed by atoms with van der Waals surface area (Å²) in [5.74, 6) is 1.96. The molecule has 0 aliphatic rings. The maximum absolute atomic E-state index is 11.9. The Kier molecular flexibility index (Phi) is 6.91. The lowest BCUT2D eigenvalue weighted by Crippen LogP contribution is -2.25. The van der Waals surface area contributed by atoms with E-state index in [4.69, 9.17) is 9.47 Å². The van der Waals surface area contributed by atoms with E-state index in [2.05, 4.69) is 28.0 Å². The van der Waals surface area contributed by atoms with Gasteiger partial charge in [0.05, 0.1) is 31.2 Å². The van der Waals surface area contributed by atoms with Crippen LogP contribution in [0.3, 0.4) is 0 Å². The molecule has 156 valence electrons. The lowest BCUT2D eigenvalue weighted by atomic mass is 10.1. The number of hydrogen-bond donors (Lipinski definition) is 1. The van der Waals surface area contributed by atoms with Crippen molar-refractivity contribution in [1.29, 1.82) is 0 Å². The fourth-order valence-electron chi connectivity index (χ4n) is 3.19. The summed E-state index contributed by atoms with van der Waals surface area (Å²) in [5, 5.41) is 2.85. The number of imidazole rings is 1. The van der Waals surface area contributed by atoms with Gasteiger partial charge in [0.2, 0.25) is 5.91 Å². The Balaban J connectivity index is 1.75. The third-order valence-electron chi connectivity index (χ3n) is 4.71. The number of carbonyl (C=O) groups is 1. The molecule has 2 aromatic carbocycles. The summed E-state index contributed by atoms with van der Waals surface area (Å²) in [6, 6.07) is 13.8. The minimum absolute atomic E-state index is 0.186. The number of carbonyl (C=O) groups excluding carboxylic acids is 1. The van der Waals surface area contributed by atoms with Crippen molar-refractivity contribution >= 4 is 16.9 Å². The fourth-order valence-corrected chi connectivity index (χ4v) is 3.19. The largest absolute Gasteiger partial charge is 0.493 e. The van der Waals surface area contributed by atoms with E-state index in [-0.39, 0.29) is 5.91 Å². The topological polar surface area (TPSA) is 65.4 Å². The lowest BCUT2D eigenvalue weighted by Gasteiger charge is -2.14. The van der Waals surface area contributed by atoms with Gasteiger partial charge in [-0.25, -0.2) is 4.98 Å². The van der Waals surface area contributed by atoms with Crippen molar-refractivity contribution in [3.05, 3.63) is 78.7 Å². The van der Waals surface area contributed by atoms with Crippen LogP contribution in [0.25, 0.3) is 11.0 Å². The van der Waals surface area contributed by atoms with Crippen molar-refractivity contribution in [1.82, 2.24) is 14.9 Å². The predicted molar refractivity (Wildman–Crippen MR) is 119 cm³/mol. The third kappa shape index (κ3) is 4.89. The van der Waals surface area contributed by atoms with Gasteiger partial charge in [-0.3, -0.25) is 4.79 Å². The summed E-state index contributed by atoms with van der Waals surface area (Å²) in [6.07, 6.45) is 2.63. The zero-order valence-corrected chi connectivity index (χ0v) is 17.5. The van der Waals surface area contributed by atoms with Crippen molar-refractivity contribution in [2.24, 2.45) is 0 Å². The average molecular weight is 405 g/mol. The van der Waals surface area contributed by atoms with Crippen LogP contribution in [0.4, 0.5) is 0 Å². The molecule has 0 bridgehead atoms. The second kappa shape index (κ2) is 9.78. The fraction of sp³-hybridized carbons (Fsp3) is 0.250. The van der Waals surface area contributed by atoms with Gasteiger partial charge in [-0.05, 0) is 43.2 Å². The van der Waals surface area contributed by atoms with E-state index in [0.717, 1.165) is 28.8 Å². The zero-order chi connectivity index (χ0) is 21.5. The Labute approximate surface area is 176 Å². The van der Waals surface area contributed by atoms with Crippen molar-refractivity contribution in [2.75, 3.05) is 13.7 Å². The SMILES string of the molecule is C=CCc1ccc(OCCn2c(CNC(=O)C(=C)C)nc3ccccc32)c(OC)c1. The standard InChI is InChI=1S/C24H27N3O3/c1-5-8-18-11-12-21(22(15-18)29-4)30-14-13-27-20-10-7-6-9-19(20)26-23(27)16-25-24(28)17(2)3/h5-7,9-12,15H,1-2,8,13-14,16H2,3-4H3,(H,25,28). The summed E-state index contributed by atoms with van der Waals surface area (Å²) in [4.78, 5) is 16.6. The summed E-state index contributed by atoms with van der Waals surface area (Å²) in [7, 11) is 1.63. The van der Waals surface area contributed by atoms with Gasteiger partial charge in [0.1, 0.15) is 12.4 Å². The number of rotatable bonds is 10. The minimum atomic E-state index is -0.186. The second-order valence-corrected chi connectivity index (χ2v) is 6.96. The molecule has 0 atom stereocenters. The number of benzene rings is 2. The number of methoxy groups -OCH3 is 1. The maximum atomic E-state index is 11.9. The first-order valence-corrected chi connectivity index (χ1v) is 9.82. The molecule has 0 radical (unpaired) electrons. The Morgan fingerprint density at radius 1 is 1.23 bits per heavy atom. The molecule has 0 aliphatic heterocycles. The number of amides is 1. The molecule has 1 aromatic heterocycles. The van der Waals surface area contributed by atoms with Crippen LogP contribution < -0.4 is 14.8 Å². The van der Waals surface area contributed by atoms with E-state index in [1.54, 1.807) is 14.0 Å². The number of allylic oxidation sites excluding steroid dienone is 1. The minimum Gasteiger partial charge on any atom is -0.493 e. The van der Waals surface area contributed by atoms with Gasteiger partial charge >= 0.3 is 0 Å². The molecule has 0 aliphatic carbocycles. The van der Waals surface area contributed by atoms with Gasteiger partial charge in [0.25, 0.3) is 0 Å². The molecule has 3 aromatic rings. The Bertz CT molecular complexity index is 1070. The average Bonchev–Trinajstić information content (AvgIpc) is 3.10. The molecule has 0 spiro atoms. The summed E-state index contributed by atoms with van der Waals surface area (Å²) >= 11 is 0. The summed E-state index contributed by atoms with van der Waals surface area (Å²) in [6.45, 7) is 10.5. The highest BCUT2D eigenvalue weighted by Gasteiger charge is 2.13. The van der Waals surface area contributed by atoms with E-state index in [0.29, 0.717) is 36.8 Å². The molecule has 1 amide bonds. The van der Waals surface area contributed by atoms with Crippen LogP contribution in [0.15, 0.2) is 67.3 Å². The molecular formula is C24H27N3O3. The molecule has 0 unspecified atom stereocenters. The van der Waals surface area contributed by atoms with Gasteiger partial charge in [-0.15, -0.1) is 6.58 Å². The van der Waals surface area contributed by atoms with Gasteiger partial charge in [-0.1, -0.05) is 30.9 Å². The van der Waals surface area contributed by atoms with E-state index in [1.165, 1.54) is 0 Å². The highest BCUT2D eigenvalue weighted by Crippen LogP contribution is 2.28. The number of nitrogens with zero attached hydrogens (tertiary/aromatic N) is 2. The first-order valence-electron chi connectivity index (χ1n) is 9.82.